The van der Waals surface area contributed by atoms with Crippen LogP contribution >= 0.6 is 11.8 Å². The summed E-state index contributed by atoms with van der Waals surface area (Å²) >= 11 is 1.38. The van der Waals surface area contributed by atoms with E-state index < -0.39 is 0 Å². The summed E-state index contributed by atoms with van der Waals surface area (Å²) in [6.45, 7) is 2.57. The molecule has 5 aromatic rings. The lowest BCUT2D eigenvalue weighted by molar-refractivity contribution is -0.119. The molecule has 0 atom stereocenters. The predicted molar refractivity (Wildman–Crippen MR) is 153 cm³/mol. The second kappa shape index (κ2) is 12.3. The maximum atomic E-state index is 13.2. The Labute approximate surface area is 227 Å². The number of thioether (sulfide) groups is 1. The first-order valence-corrected chi connectivity index (χ1v) is 13.5. The fourth-order valence-electron chi connectivity index (χ4n) is 4.18. The number of hydrogen-bond acceptors (Lipinski definition) is 5. The van der Waals surface area contributed by atoms with Crippen molar-refractivity contribution < 1.29 is 4.79 Å². The average molecular weight is 520 g/mol. The van der Waals surface area contributed by atoms with E-state index in [1.807, 2.05) is 95.6 Å². The molecule has 1 aromatic heterocycles. The van der Waals surface area contributed by atoms with Gasteiger partial charge in [-0.15, -0.1) is 10.2 Å². The molecule has 1 heterocycles. The summed E-state index contributed by atoms with van der Waals surface area (Å²) in [4.78, 5) is 13.2. The average Bonchev–Trinajstić information content (AvgIpc) is 3.38. The standard InChI is InChI=1S/C31H29N5OS/c1-23-17-19-26(20-18-23)32-21-28-34-35-31(36(28)27-15-9-4-10-16-27)38-22-29(37)33-30(24-11-5-2-6-12-24)25-13-7-3-8-14-25/h2-20,30,32H,21-22H2,1H3,(H,33,37). The van der Waals surface area contributed by atoms with Crippen LogP contribution in [0.5, 0.6) is 0 Å². The number of anilines is 1. The van der Waals surface area contributed by atoms with E-state index in [4.69, 9.17) is 0 Å². The molecule has 0 spiro atoms. The van der Waals surface area contributed by atoms with Gasteiger partial charge < -0.3 is 10.6 Å². The van der Waals surface area contributed by atoms with Crippen molar-refractivity contribution in [3.63, 3.8) is 0 Å². The number of amides is 1. The second-order valence-electron chi connectivity index (χ2n) is 8.90. The van der Waals surface area contributed by atoms with Gasteiger partial charge in [0, 0.05) is 11.4 Å². The van der Waals surface area contributed by atoms with Crippen molar-refractivity contribution >= 4 is 23.4 Å². The van der Waals surface area contributed by atoms with Gasteiger partial charge in [-0.1, -0.05) is 108 Å². The van der Waals surface area contributed by atoms with Gasteiger partial charge >= 0.3 is 0 Å². The van der Waals surface area contributed by atoms with E-state index in [-0.39, 0.29) is 17.7 Å². The van der Waals surface area contributed by atoms with E-state index in [1.54, 1.807) is 0 Å². The highest BCUT2D eigenvalue weighted by Crippen LogP contribution is 2.25. The number of carbonyl (C=O) groups is 1. The molecular weight excluding hydrogens is 490 g/mol. The number of hydrogen-bond donors (Lipinski definition) is 2. The SMILES string of the molecule is Cc1ccc(NCc2nnc(SCC(=O)NC(c3ccccc3)c3ccccc3)n2-c2ccccc2)cc1. The van der Waals surface area contributed by atoms with Crippen molar-refractivity contribution in [1.82, 2.24) is 20.1 Å². The summed E-state index contributed by atoms with van der Waals surface area (Å²) in [5.74, 6) is 0.910. The van der Waals surface area contributed by atoms with E-state index in [9.17, 15) is 4.79 Å². The summed E-state index contributed by atoms with van der Waals surface area (Å²) in [6, 6.07) is 38.0. The van der Waals surface area contributed by atoms with E-state index >= 15 is 0 Å². The molecule has 0 saturated carbocycles. The van der Waals surface area contributed by atoms with Gasteiger partial charge in [0.1, 0.15) is 0 Å². The Morgan fingerprint density at radius 3 is 1.97 bits per heavy atom. The van der Waals surface area contributed by atoms with E-state index in [1.165, 1.54) is 17.3 Å². The molecule has 4 aromatic carbocycles. The molecule has 0 radical (unpaired) electrons. The minimum Gasteiger partial charge on any atom is -0.378 e. The molecule has 0 unspecified atom stereocenters. The monoisotopic (exact) mass is 519 g/mol. The minimum atomic E-state index is -0.230. The van der Waals surface area contributed by atoms with Crippen LogP contribution in [0.1, 0.15) is 28.6 Å². The number of para-hydroxylation sites is 1. The maximum Gasteiger partial charge on any atom is 0.231 e. The summed E-state index contributed by atoms with van der Waals surface area (Å²) in [5, 5.41) is 16.2. The molecule has 5 rings (SSSR count). The first-order chi connectivity index (χ1) is 18.7. The third-order valence-electron chi connectivity index (χ3n) is 6.12. The quantitative estimate of drug-likeness (QED) is 0.215. The third-order valence-corrected chi connectivity index (χ3v) is 7.05. The molecule has 2 N–H and O–H groups in total. The van der Waals surface area contributed by atoms with Crippen LogP contribution in [0.2, 0.25) is 0 Å². The minimum absolute atomic E-state index is 0.0744. The molecule has 38 heavy (non-hydrogen) atoms. The molecule has 0 aliphatic rings. The van der Waals surface area contributed by atoms with Crippen LogP contribution < -0.4 is 10.6 Å². The molecule has 6 nitrogen and oxygen atoms in total. The summed E-state index contributed by atoms with van der Waals surface area (Å²) in [6.07, 6.45) is 0. The van der Waals surface area contributed by atoms with Crippen molar-refractivity contribution in [2.24, 2.45) is 0 Å². The molecular formula is C31H29N5OS. The first kappa shape index (κ1) is 25.3. The number of nitrogens with zero attached hydrogens (tertiary/aromatic N) is 3. The normalized spacial score (nSPS) is 10.9. The summed E-state index contributed by atoms with van der Waals surface area (Å²) in [5.41, 5.74) is 5.25. The highest BCUT2D eigenvalue weighted by molar-refractivity contribution is 7.99. The Balaban J connectivity index is 1.32. The molecule has 0 aliphatic carbocycles. The number of aryl methyl sites for hydroxylation is 1. The Kier molecular flexibility index (Phi) is 8.16. The fourth-order valence-corrected chi connectivity index (χ4v) is 4.96. The molecule has 0 aliphatic heterocycles. The van der Waals surface area contributed by atoms with Gasteiger partial charge in [0.05, 0.1) is 18.3 Å². The Hall–Kier alpha value is -4.36. The molecule has 0 fully saturated rings. The van der Waals surface area contributed by atoms with Crippen LogP contribution in [-0.2, 0) is 11.3 Å². The van der Waals surface area contributed by atoms with Crippen molar-refractivity contribution in [3.05, 3.63) is 138 Å². The smallest absolute Gasteiger partial charge is 0.231 e. The van der Waals surface area contributed by atoms with Gasteiger partial charge in [-0.05, 0) is 42.3 Å². The predicted octanol–water partition coefficient (Wildman–Crippen LogP) is 6.19. The van der Waals surface area contributed by atoms with Crippen molar-refractivity contribution in [1.29, 1.82) is 0 Å². The molecule has 0 saturated heterocycles. The largest absolute Gasteiger partial charge is 0.378 e. The highest BCUT2D eigenvalue weighted by atomic mass is 32.2. The summed E-state index contributed by atoms with van der Waals surface area (Å²) in [7, 11) is 0. The first-order valence-electron chi connectivity index (χ1n) is 12.5. The van der Waals surface area contributed by atoms with Gasteiger partial charge in [0.2, 0.25) is 5.91 Å². The Morgan fingerprint density at radius 1 is 0.789 bits per heavy atom. The lowest BCUT2D eigenvalue weighted by Crippen LogP contribution is -2.30. The van der Waals surface area contributed by atoms with Crippen molar-refractivity contribution in [3.8, 4) is 5.69 Å². The zero-order valence-corrected chi connectivity index (χ0v) is 21.9. The zero-order valence-electron chi connectivity index (χ0n) is 21.1. The van der Waals surface area contributed by atoms with E-state index in [0.717, 1.165) is 28.3 Å². The maximum absolute atomic E-state index is 13.2. The van der Waals surface area contributed by atoms with Gasteiger partial charge in [-0.3, -0.25) is 9.36 Å². The number of carbonyl (C=O) groups excluding carboxylic acids is 1. The molecule has 1 amide bonds. The number of aromatic nitrogens is 3. The number of benzene rings is 4. The van der Waals surface area contributed by atoms with E-state index in [2.05, 4.69) is 52.0 Å². The second-order valence-corrected chi connectivity index (χ2v) is 9.84. The van der Waals surface area contributed by atoms with Gasteiger partial charge in [0.25, 0.3) is 0 Å². The van der Waals surface area contributed by atoms with Crippen LogP contribution in [0.3, 0.4) is 0 Å². The van der Waals surface area contributed by atoms with E-state index in [0.29, 0.717) is 11.7 Å². The van der Waals surface area contributed by atoms with Crippen LogP contribution in [0.25, 0.3) is 5.69 Å². The Bertz CT molecular complexity index is 1420. The highest BCUT2D eigenvalue weighted by Gasteiger charge is 2.19. The van der Waals surface area contributed by atoms with Crippen molar-refractivity contribution in [2.75, 3.05) is 11.1 Å². The lowest BCUT2D eigenvalue weighted by Gasteiger charge is -2.20. The third kappa shape index (κ3) is 6.30. The van der Waals surface area contributed by atoms with Crippen LogP contribution in [0.15, 0.2) is 120 Å². The van der Waals surface area contributed by atoms with Gasteiger partial charge in [-0.25, -0.2) is 0 Å². The fraction of sp³-hybridized carbons (Fsp3) is 0.129. The Morgan fingerprint density at radius 2 is 1.37 bits per heavy atom. The molecule has 0 bridgehead atoms. The lowest BCUT2D eigenvalue weighted by atomic mass is 9.99. The van der Waals surface area contributed by atoms with Crippen LogP contribution in [0.4, 0.5) is 5.69 Å². The molecule has 7 heteroatoms. The van der Waals surface area contributed by atoms with Crippen LogP contribution in [-0.4, -0.2) is 26.4 Å². The summed E-state index contributed by atoms with van der Waals surface area (Å²) < 4.78 is 2.00. The topological polar surface area (TPSA) is 71.8 Å². The zero-order chi connectivity index (χ0) is 26.2. The van der Waals surface area contributed by atoms with Crippen LogP contribution in [0, 0.1) is 6.92 Å². The number of rotatable bonds is 10. The van der Waals surface area contributed by atoms with Crippen molar-refractivity contribution in [2.45, 2.75) is 24.7 Å². The van der Waals surface area contributed by atoms with Gasteiger partial charge in [-0.2, -0.15) is 0 Å². The van der Waals surface area contributed by atoms with Gasteiger partial charge in [0.15, 0.2) is 11.0 Å². The number of nitrogens with one attached hydrogen (secondary N) is 2. The molecule has 190 valence electrons.